The van der Waals surface area contributed by atoms with E-state index in [0.29, 0.717) is 6.61 Å². The molecule has 0 radical (unpaired) electrons. The second-order valence-electron chi connectivity index (χ2n) is 9.56. The SMILES string of the molecule is Cc1cc(C)c(-c2c(CN[C@H](C)c3ccccc3)ccc3ccccc23)c(OCc2ccccc2)c1. The minimum absolute atomic E-state index is 0.249. The molecule has 0 aliphatic rings. The van der Waals surface area contributed by atoms with Gasteiger partial charge in [0.2, 0.25) is 0 Å². The highest BCUT2D eigenvalue weighted by Crippen LogP contribution is 2.41. The second-order valence-corrected chi connectivity index (χ2v) is 9.56. The Morgan fingerprint density at radius 2 is 1.42 bits per heavy atom. The second kappa shape index (κ2) is 10.8. The molecule has 2 heteroatoms. The highest BCUT2D eigenvalue weighted by Gasteiger charge is 2.18. The maximum atomic E-state index is 6.52. The molecular formula is C34H33NO. The highest BCUT2D eigenvalue weighted by molar-refractivity contribution is 6.00. The summed E-state index contributed by atoms with van der Waals surface area (Å²) in [6.45, 7) is 7.87. The van der Waals surface area contributed by atoms with Crippen LogP contribution in [0.5, 0.6) is 5.75 Å². The van der Waals surface area contributed by atoms with Crippen molar-refractivity contribution in [3.63, 3.8) is 0 Å². The maximum absolute atomic E-state index is 6.52. The summed E-state index contributed by atoms with van der Waals surface area (Å²) in [6, 6.07) is 38.8. The summed E-state index contributed by atoms with van der Waals surface area (Å²) in [5.41, 5.74) is 8.59. The topological polar surface area (TPSA) is 21.3 Å². The highest BCUT2D eigenvalue weighted by atomic mass is 16.5. The van der Waals surface area contributed by atoms with E-state index < -0.39 is 0 Å². The van der Waals surface area contributed by atoms with Gasteiger partial charge in [-0.2, -0.15) is 0 Å². The lowest BCUT2D eigenvalue weighted by molar-refractivity contribution is 0.307. The molecule has 0 unspecified atom stereocenters. The zero-order valence-corrected chi connectivity index (χ0v) is 21.3. The van der Waals surface area contributed by atoms with E-state index in [0.717, 1.165) is 12.3 Å². The molecular weight excluding hydrogens is 438 g/mol. The molecule has 5 aromatic carbocycles. The number of rotatable bonds is 8. The van der Waals surface area contributed by atoms with Crippen LogP contribution in [0.2, 0.25) is 0 Å². The van der Waals surface area contributed by atoms with Crippen LogP contribution in [0.25, 0.3) is 21.9 Å². The number of hydrogen-bond donors (Lipinski definition) is 1. The van der Waals surface area contributed by atoms with Gasteiger partial charge in [-0.25, -0.2) is 0 Å². The first-order chi connectivity index (χ1) is 17.6. The summed E-state index contributed by atoms with van der Waals surface area (Å²) in [7, 11) is 0. The molecule has 0 amide bonds. The predicted molar refractivity (Wildman–Crippen MR) is 151 cm³/mol. The van der Waals surface area contributed by atoms with Gasteiger partial charge in [0, 0.05) is 18.2 Å². The summed E-state index contributed by atoms with van der Waals surface area (Å²) in [6.07, 6.45) is 0. The number of nitrogens with one attached hydrogen (secondary N) is 1. The van der Waals surface area contributed by atoms with E-state index in [9.17, 15) is 0 Å². The van der Waals surface area contributed by atoms with Gasteiger partial charge >= 0.3 is 0 Å². The zero-order valence-electron chi connectivity index (χ0n) is 21.3. The Morgan fingerprint density at radius 1 is 0.722 bits per heavy atom. The molecule has 1 N–H and O–H groups in total. The van der Waals surface area contributed by atoms with Crippen LogP contribution in [0, 0.1) is 13.8 Å². The molecule has 0 spiro atoms. The molecule has 180 valence electrons. The molecule has 0 aliphatic carbocycles. The largest absolute Gasteiger partial charge is 0.488 e. The molecule has 36 heavy (non-hydrogen) atoms. The fraction of sp³-hybridized carbons (Fsp3) is 0.176. The van der Waals surface area contributed by atoms with Gasteiger partial charge in [0.05, 0.1) is 0 Å². The quantitative estimate of drug-likeness (QED) is 0.245. The van der Waals surface area contributed by atoms with E-state index in [1.807, 2.05) is 6.07 Å². The average molecular weight is 472 g/mol. The van der Waals surface area contributed by atoms with E-state index in [1.54, 1.807) is 0 Å². The molecule has 0 saturated carbocycles. The molecule has 1 atom stereocenters. The summed E-state index contributed by atoms with van der Waals surface area (Å²) in [4.78, 5) is 0. The average Bonchev–Trinajstić information content (AvgIpc) is 2.91. The minimum Gasteiger partial charge on any atom is -0.488 e. The van der Waals surface area contributed by atoms with Crippen molar-refractivity contribution in [1.82, 2.24) is 5.32 Å². The van der Waals surface area contributed by atoms with Crippen molar-refractivity contribution >= 4 is 10.8 Å². The van der Waals surface area contributed by atoms with Crippen molar-refractivity contribution in [3.05, 3.63) is 137 Å². The van der Waals surface area contributed by atoms with Crippen LogP contribution in [0.15, 0.2) is 109 Å². The molecule has 2 nitrogen and oxygen atoms in total. The molecule has 0 aromatic heterocycles. The van der Waals surface area contributed by atoms with E-state index in [-0.39, 0.29) is 6.04 Å². The Hall–Kier alpha value is -3.88. The van der Waals surface area contributed by atoms with Crippen molar-refractivity contribution in [2.45, 2.75) is 40.0 Å². The van der Waals surface area contributed by atoms with Crippen LogP contribution in [-0.4, -0.2) is 0 Å². The van der Waals surface area contributed by atoms with Crippen LogP contribution >= 0.6 is 0 Å². The van der Waals surface area contributed by atoms with Crippen molar-refractivity contribution in [2.75, 3.05) is 0 Å². The van der Waals surface area contributed by atoms with Gasteiger partial charge in [-0.3, -0.25) is 0 Å². The van der Waals surface area contributed by atoms with Crippen LogP contribution < -0.4 is 10.1 Å². The lowest BCUT2D eigenvalue weighted by Gasteiger charge is -2.22. The third kappa shape index (κ3) is 5.19. The minimum atomic E-state index is 0.249. The van der Waals surface area contributed by atoms with Gasteiger partial charge in [-0.05, 0) is 71.0 Å². The van der Waals surface area contributed by atoms with Crippen molar-refractivity contribution in [2.24, 2.45) is 0 Å². The Kier molecular flexibility index (Phi) is 7.16. The number of hydrogen-bond acceptors (Lipinski definition) is 2. The maximum Gasteiger partial charge on any atom is 0.128 e. The summed E-state index contributed by atoms with van der Waals surface area (Å²) >= 11 is 0. The van der Waals surface area contributed by atoms with Crippen molar-refractivity contribution in [3.8, 4) is 16.9 Å². The third-order valence-electron chi connectivity index (χ3n) is 6.84. The molecule has 0 bridgehead atoms. The Labute approximate surface area is 214 Å². The lowest BCUT2D eigenvalue weighted by atomic mass is 9.89. The van der Waals surface area contributed by atoms with Crippen LogP contribution in [0.3, 0.4) is 0 Å². The summed E-state index contributed by atoms with van der Waals surface area (Å²) in [5, 5.41) is 6.25. The first-order valence-electron chi connectivity index (χ1n) is 12.7. The van der Waals surface area contributed by atoms with Gasteiger partial charge in [-0.15, -0.1) is 0 Å². The first-order valence-corrected chi connectivity index (χ1v) is 12.7. The fourth-order valence-electron chi connectivity index (χ4n) is 4.98. The Balaban J connectivity index is 1.58. The molecule has 5 rings (SSSR count). The number of aryl methyl sites for hydroxylation is 2. The standard InChI is InChI=1S/C34H33NO/c1-24-20-25(2)33(32(21-24)36-23-27-12-6-4-7-13-27)34-30(19-18-29-16-10-11-17-31(29)34)22-35-26(3)28-14-8-5-9-15-28/h4-21,26,35H,22-23H2,1-3H3/t26-/m1/s1. The molecule has 0 heterocycles. The zero-order chi connectivity index (χ0) is 24.9. The summed E-state index contributed by atoms with van der Waals surface area (Å²) in [5.74, 6) is 0.935. The smallest absolute Gasteiger partial charge is 0.128 e. The lowest BCUT2D eigenvalue weighted by Crippen LogP contribution is -2.18. The van der Waals surface area contributed by atoms with Crippen molar-refractivity contribution in [1.29, 1.82) is 0 Å². The number of fused-ring (bicyclic) bond motifs is 1. The van der Waals surface area contributed by atoms with Gasteiger partial charge < -0.3 is 10.1 Å². The molecule has 0 fully saturated rings. The van der Waals surface area contributed by atoms with Crippen LogP contribution in [0.4, 0.5) is 0 Å². The van der Waals surface area contributed by atoms with Gasteiger partial charge in [0.15, 0.2) is 0 Å². The van der Waals surface area contributed by atoms with E-state index in [1.165, 1.54) is 49.7 Å². The van der Waals surface area contributed by atoms with Crippen LogP contribution in [-0.2, 0) is 13.2 Å². The normalized spacial score (nSPS) is 12.0. The van der Waals surface area contributed by atoms with Gasteiger partial charge in [0.1, 0.15) is 12.4 Å². The predicted octanol–water partition coefficient (Wildman–Crippen LogP) is 8.55. The van der Waals surface area contributed by atoms with E-state index >= 15 is 0 Å². The van der Waals surface area contributed by atoms with Gasteiger partial charge in [0.25, 0.3) is 0 Å². The monoisotopic (exact) mass is 471 g/mol. The van der Waals surface area contributed by atoms with Gasteiger partial charge in [-0.1, -0.05) is 103 Å². The Morgan fingerprint density at radius 3 is 2.19 bits per heavy atom. The van der Waals surface area contributed by atoms with Crippen molar-refractivity contribution < 1.29 is 4.74 Å². The molecule has 0 aliphatic heterocycles. The fourth-order valence-corrected chi connectivity index (χ4v) is 4.98. The first kappa shape index (κ1) is 23.8. The van der Waals surface area contributed by atoms with Crippen LogP contribution in [0.1, 0.15) is 40.8 Å². The molecule has 0 saturated heterocycles. The molecule has 5 aromatic rings. The summed E-state index contributed by atoms with van der Waals surface area (Å²) < 4.78 is 6.52. The Bertz CT molecular complexity index is 1460. The van der Waals surface area contributed by atoms with E-state index in [2.05, 4.69) is 129 Å². The number of benzene rings is 5. The third-order valence-corrected chi connectivity index (χ3v) is 6.84. The van der Waals surface area contributed by atoms with E-state index in [4.69, 9.17) is 4.74 Å². The number of ether oxygens (including phenoxy) is 1.